The molecule has 1 heterocycles. The van der Waals surface area contributed by atoms with Gasteiger partial charge in [0.05, 0.1) is 17.2 Å². The van der Waals surface area contributed by atoms with E-state index in [0.717, 1.165) is 0 Å². The van der Waals surface area contributed by atoms with Gasteiger partial charge in [-0.05, 0) is 35.9 Å². The number of amides is 2. The first-order valence-electron chi connectivity index (χ1n) is 10.4. The molecular formula is C25H19N5O5. The Bertz CT molecular complexity index is 1480. The van der Waals surface area contributed by atoms with E-state index in [0.29, 0.717) is 21.9 Å². The summed E-state index contributed by atoms with van der Waals surface area (Å²) in [4.78, 5) is 49.1. The Balaban J connectivity index is 1.63. The minimum Gasteiger partial charge on any atom is -0.478 e. The zero-order valence-corrected chi connectivity index (χ0v) is 18.1. The summed E-state index contributed by atoms with van der Waals surface area (Å²) < 4.78 is 0. The van der Waals surface area contributed by atoms with Crippen molar-refractivity contribution >= 4 is 34.8 Å². The number of carboxylic acids is 1. The molecule has 10 heteroatoms. The van der Waals surface area contributed by atoms with Gasteiger partial charge >= 0.3 is 5.97 Å². The topological polar surface area (TPSA) is 154 Å². The molecule has 0 aliphatic heterocycles. The lowest BCUT2D eigenvalue weighted by molar-refractivity contribution is -0.123. The van der Waals surface area contributed by atoms with E-state index in [1.54, 1.807) is 54.6 Å². The number of rotatable bonds is 7. The first kappa shape index (κ1) is 23.1. The molecular weight excluding hydrogens is 450 g/mol. The second-order valence-corrected chi connectivity index (χ2v) is 7.42. The predicted molar refractivity (Wildman–Crippen MR) is 128 cm³/mol. The SMILES string of the molecule is O=C(O)c1ccc(/C=N/NC(=O)C(NC(=O)c2ccccc2)c2n[nH]c(=O)c3ccccc23)cc1. The highest BCUT2D eigenvalue weighted by molar-refractivity contribution is 5.99. The van der Waals surface area contributed by atoms with Crippen molar-refractivity contribution in [2.24, 2.45) is 5.10 Å². The molecule has 1 unspecified atom stereocenters. The van der Waals surface area contributed by atoms with Crippen LogP contribution in [-0.4, -0.2) is 39.3 Å². The minimum absolute atomic E-state index is 0.117. The fourth-order valence-corrected chi connectivity index (χ4v) is 3.36. The first-order chi connectivity index (χ1) is 16.9. The standard InChI is InChI=1S/C25H19N5O5/c31-22(16-6-2-1-3-7-16)27-21(20-18-8-4-5-9-19(18)23(32)30-28-20)24(33)29-26-14-15-10-12-17(13-11-15)25(34)35/h1-14,21H,(H,27,31)(H,29,33)(H,30,32)(H,34,35)/b26-14+. The van der Waals surface area contributed by atoms with Crippen molar-refractivity contribution in [3.63, 3.8) is 0 Å². The molecule has 0 saturated carbocycles. The highest BCUT2D eigenvalue weighted by Gasteiger charge is 2.27. The Kier molecular flexibility index (Phi) is 6.73. The summed E-state index contributed by atoms with van der Waals surface area (Å²) in [6.45, 7) is 0. The number of hydrogen-bond acceptors (Lipinski definition) is 6. The quantitative estimate of drug-likeness (QED) is 0.240. The zero-order valence-electron chi connectivity index (χ0n) is 18.1. The third-order valence-corrected chi connectivity index (χ3v) is 5.12. The van der Waals surface area contributed by atoms with Crippen molar-refractivity contribution in [1.82, 2.24) is 20.9 Å². The van der Waals surface area contributed by atoms with E-state index in [9.17, 15) is 19.2 Å². The van der Waals surface area contributed by atoms with Crippen LogP contribution in [-0.2, 0) is 4.79 Å². The molecule has 174 valence electrons. The Morgan fingerprint density at radius 1 is 0.886 bits per heavy atom. The Morgan fingerprint density at radius 3 is 2.23 bits per heavy atom. The lowest BCUT2D eigenvalue weighted by atomic mass is 10.0. The molecule has 1 aromatic heterocycles. The van der Waals surface area contributed by atoms with Crippen LogP contribution in [0.4, 0.5) is 0 Å². The largest absolute Gasteiger partial charge is 0.478 e. The van der Waals surface area contributed by atoms with Crippen LogP contribution in [0.25, 0.3) is 10.8 Å². The number of aromatic amines is 1. The lowest BCUT2D eigenvalue weighted by Crippen LogP contribution is -2.40. The number of hydrazone groups is 1. The van der Waals surface area contributed by atoms with Gasteiger partial charge in [-0.15, -0.1) is 0 Å². The monoisotopic (exact) mass is 469 g/mol. The van der Waals surface area contributed by atoms with Gasteiger partial charge in [0.15, 0.2) is 6.04 Å². The number of carbonyl (C=O) groups is 3. The number of nitrogens with zero attached hydrogens (tertiary/aromatic N) is 2. The van der Waals surface area contributed by atoms with Crippen LogP contribution >= 0.6 is 0 Å². The Labute approximate surface area is 198 Å². The molecule has 0 aliphatic carbocycles. The third kappa shape index (κ3) is 5.28. The smallest absolute Gasteiger partial charge is 0.335 e. The molecule has 2 amide bonds. The van der Waals surface area contributed by atoms with E-state index in [1.165, 1.54) is 30.5 Å². The van der Waals surface area contributed by atoms with Crippen molar-refractivity contribution < 1.29 is 19.5 Å². The van der Waals surface area contributed by atoms with Crippen LogP contribution in [0.5, 0.6) is 0 Å². The number of fused-ring (bicyclic) bond motifs is 1. The summed E-state index contributed by atoms with van der Waals surface area (Å²) in [7, 11) is 0. The van der Waals surface area contributed by atoms with Crippen LogP contribution < -0.4 is 16.3 Å². The van der Waals surface area contributed by atoms with Crippen LogP contribution in [0, 0.1) is 0 Å². The van der Waals surface area contributed by atoms with Crippen molar-refractivity contribution in [2.75, 3.05) is 0 Å². The molecule has 0 fully saturated rings. The molecule has 0 radical (unpaired) electrons. The molecule has 3 aromatic carbocycles. The van der Waals surface area contributed by atoms with E-state index in [4.69, 9.17) is 5.11 Å². The van der Waals surface area contributed by atoms with Gasteiger partial charge in [0.1, 0.15) is 5.69 Å². The van der Waals surface area contributed by atoms with Gasteiger partial charge in [-0.3, -0.25) is 14.4 Å². The van der Waals surface area contributed by atoms with Gasteiger partial charge < -0.3 is 10.4 Å². The molecule has 0 saturated heterocycles. The average Bonchev–Trinajstić information content (AvgIpc) is 2.88. The molecule has 0 bridgehead atoms. The number of nitrogens with one attached hydrogen (secondary N) is 3. The van der Waals surface area contributed by atoms with Crippen LogP contribution in [0.15, 0.2) is 88.8 Å². The highest BCUT2D eigenvalue weighted by Crippen LogP contribution is 2.20. The third-order valence-electron chi connectivity index (χ3n) is 5.12. The summed E-state index contributed by atoms with van der Waals surface area (Å²) in [6.07, 6.45) is 1.33. The maximum absolute atomic E-state index is 13.1. The van der Waals surface area contributed by atoms with Crippen LogP contribution in [0.2, 0.25) is 0 Å². The van der Waals surface area contributed by atoms with E-state index in [1.807, 2.05) is 0 Å². The molecule has 35 heavy (non-hydrogen) atoms. The average molecular weight is 469 g/mol. The van der Waals surface area contributed by atoms with Gasteiger partial charge in [0.25, 0.3) is 17.4 Å². The summed E-state index contributed by atoms with van der Waals surface area (Å²) in [5.41, 5.74) is 3.08. The van der Waals surface area contributed by atoms with E-state index in [-0.39, 0.29) is 11.3 Å². The van der Waals surface area contributed by atoms with Gasteiger partial charge in [0, 0.05) is 10.9 Å². The number of aromatic nitrogens is 2. The maximum atomic E-state index is 13.1. The van der Waals surface area contributed by atoms with Crippen molar-refractivity contribution in [3.8, 4) is 0 Å². The Hall–Kier alpha value is -5.12. The highest BCUT2D eigenvalue weighted by atomic mass is 16.4. The second kappa shape index (κ2) is 10.2. The number of H-pyrrole nitrogens is 1. The van der Waals surface area contributed by atoms with Crippen molar-refractivity contribution in [2.45, 2.75) is 6.04 Å². The Morgan fingerprint density at radius 2 is 1.54 bits per heavy atom. The normalized spacial score (nSPS) is 11.8. The van der Waals surface area contributed by atoms with E-state index >= 15 is 0 Å². The first-order valence-corrected chi connectivity index (χ1v) is 10.4. The molecule has 4 N–H and O–H groups in total. The number of hydrogen-bond donors (Lipinski definition) is 4. The molecule has 0 aliphatic rings. The second-order valence-electron chi connectivity index (χ2n) is 7.42. The molecule has 1 atom stereocenters. The summed E-state index contributed by atoms with van der Waals surface area (Å²) >= 11 is 0. The predicted octanol–water partition coefficient (Wildman–Crippen LogP) is 2.24. The minimum atomic E-state index is -1.28. The van der Waals surface area contributed by atoms with Crippen molar-refractivity contribution in [1.29, 1.82) is 0 Å². The van der Waals surface area contributed by atoms with Gasteiger partial charge in [-0.25, -0.2) is 15.3 Å². The zero-order chi connectivity index (χ0) is 24.8. The molecule has 4 aromatic rings. The summed E-state index contributed by atoms with van der Waals surface area (Å²) in [6, 6.07) is 19.5. The number of benzene rings is 3. The summed E-state index contributed by atoms with van der Waals surface area (Å²) in [5, 5.41) is 22.7. The van der Waals surface area contributed by atoms with E-state index in [2.05, 4.69) is 26.0 Å². The fourth-order valence-electron chi connectivity index (χ4n) is 3.36. The molecule has 0 spiro atoms. The number of carbonyl (C=O) groups excluding carboxylic acids is 2. The van der Waals surface area contributed by atoms with Crippen molar-refractivity contribution in [3.05, 3.63) is 112 Å². The molecule has 10 nitrogen and oxygen atoms in total. The van der Waals surface area contributed by atoms with Gasteiger partial charge in [-0.1, -0.05) is 48.5 Å². The summed E-state index contributed by atoms with van der Waals surface area (Å²) in [5.74, 6) is -2.27. The van der Waals surface area contributed by atoms with E-state index < -0.39 is 29.4 Å². The van der Waals surface area contributed by atoms with Crippen LogP contribution in [0.1, 0.15) is 38.0 Å². The molecule has 4 rings (SSSR count). The van der Waals surface area contributed by atoms with Gasteiger partial charge in [-0.2, -0.15) is 10.2 Å². The number of carboxylic acid groups (broad SMARTS) is 1. The van der Waals surface area contributed by atoms with Gasteiger partial charge in [0.2, 0.25) is 0 Å². The van der Waals surface area contributed by atoms with Crippen LogP contribution in [0.3, 0.4) is 0 Å². The maximum Gasteiger partial charge on any atom is 0.335 e. The lowest BCUT2D eigenvalue weighted by Gasteiger charge is -2.18. The number of aromatic carboxylic acids is 1. The fraction of sp³-hybridized carbons (Fsp3) is 0.0400.